The van der Waals surface area contributed by atoms with Crippen LogP contribution in [0.1, 0.15) is 47.2 Å². The number of rotatable bonds is 6. The molecule has 1 N–H and O–H groups in total. The third-order valence-electron chi connectivity index (χ3n) is 3.28. The van der Waals surface area contributed by atoms with E-state index in [1.54, 1.807) is 44.5 Å². The van der Waals surface area contributed by atoms with E-state index in [9.17, 15) is 9.59 Å². The van der Waals surface area contributed by atoms with Gasteiger partial charge in [0.05, 0.1) is 29.8 Å². The summed E-state index contributed by atoms with van der Waals surface area (Å²) in [5.74, 6) is -0.673. The minimum absolute atomic E-state index is 0.00546. The van der Waals surface area contributed by atoms with Crippen molar-refractivity contribution in [2.24, 2.45) is 0 Å². The van der Waals surface area contributed by atoms with Crippen molar-refractivity contribution in [3.05, 3.63) is 50.9 Å². The molecule has 5 nitrogen and oxygen atoms in total. The topological polar surface area (TPSA) is 68.3 Å². The number of benzene rings is 1. The predicted octanol–water partition coefficient (Wildman–Crippen LogP) is 3.92. The summed E-state index contributed by atoms with van der Waals surface area (Å²) in [6, 6.07) is 6.55. The summed E-state index contributed by atoms with van der Waals surface area (Å²) in [5.41, 5.74) is 2.94. The molecule has 1 unspecified atom stereocenters. The predicted molar refractivity (Wildman–Crippen MR) is 94.4 cm³/mol. The number of carbonyl (C=O) groups excluding carboxylic acids is 2. The van der Waals surface area contributed by atoms with Crippen molar-refractivity contribution in [1.82, 2.24) is 10.3 Å². The molecule has 0 aliphatic rings. The first-order valence-electron chi connectivity index (χ1n) is 7.53. The van der Waals surface area contributed by atoms with Crippen LogP contribution >= 0.6 is 22.9 Å². The van der Waals surface area contributed by atoms with Gasteiger partial charge < -0.3 is 10.1 Å². The Morgan fingerprint density at radius 3 is 2.62 bits per heavy atom. The summed E-state index contributed by atoms with van der Waals surface area (Å²) in [4.78, 5) is 29.1. The van der Waals surface area contributed by atoms with E-state index in [0.717, 1.165) is 0 Å². The number of amides is 1. The second kappa shape index (κ2) is 8.26. The molecule has 1 aromatic carbocycles. The SMILES string of the molecule is Cc1ncsc1C(=O)NC(CC(=O)OC(C)C)c1ccccc1Cl. The highest BCUT2D eigenvalue weighted by molar-refractivity contribution is 7.11. The molecule has 0 aliphatic heterocycles. The quantitative estimate of drug-likeness (QED) is 0.787. The molecule has 24 heavy (non-hydrogen) atoms. The van der Waals surface area contributed by atoms with Crippen molar-refractivity contribution in [3.8, 4) is 0 Å². The van der Waals surface area contributed by atoms with Crippen LogP contribution in [0.3, 0.4) is 0 Å². The van der Waals surface area contributed by atoms with Gasteiger partial charge in [-0.1, -0.05) is 29.8 Å². The molecule has 1 heterocycles. The van der Waals surface area contributed by atoms with E-state index < -0.39 is 12.0 Å². The molecule has 1 amide bonds. The maximum absolute atomic E-state index is 12.5. The van der Waals surface area contributed by atoms with Crippen LogP contribution in [0, 0.1) is 6.92 Å². The van der Waals surface area contributed by atoms with Gasteiger partial charge in [-0.15, -0.1) is 11.3 Å². The average Bonchev–Trinajstić information content (AvgIpc) is 2.92. The van der Waals surface area contributed by atoms with Crippen molar-refractivity contribution < 1.29 is 14.3 Å². The van der Waals surface area contributed by atoms with Crippen molar-refractivity contribution in [2.45, 2.75) is 39.3 Å². The zero-order valence-corrected chi connectivity index (χ0v) is 15.3. The van der Waals surface area contributed by atoms with E-state index in [0.29, 0.717) is 21.2 Å². The second-order valence-electron chi connectivity index (χ2n) is 5.56. The lowest BCUT2D eigenvalue weighted by molar-refractivity contribution is -0.147. The first kappa shape index (κ1) is 18.4. The van der Waals surface area contributed by atoms with Crippen LogP contribution < -0.4 is 5.32 Å². The first-order valence-corrected chi connectivity index (χ1v) is 8.79. The fourth-order valence-corrected chi connectivity index (χ4v) is 3.19. The highest BCUT2D eigenvalue weighted by Gasteiger charge is 2.23. The maximum atomic E-state index is 12.5. The lowest BCUT2D eigenvalue weighted by Crippen LogP contribution is -2.31. The Morgan fingerprint density at radius 2 is 2.04 bits per heavy atom. The van der Waals surface area contributed by atoms with Gasteiger partial charge in [-0.05, 0) is 32.4 Å². The Bertz CT molecular complexity index is 730. The summed E-state index contributed by atoms with van der Waals surface area (Å²) in [6.07, 6.45) is -0.213. The van der Waals surface area contributed by atoms with Gasteiger partial charge in [-0.25, -0.2) is 4.98 Å². The summed E-state index contributed by atoms with van der Waals surface area (Å²) in [5, 5.41) is 3.35. The number of thiazole rings is 1. The molecule has 0 aliphatic carbocycles. The Kier molecular flexibility index (Phi) is 6.34. The van der Waals surface area contributed by atoms with Crippen molar-refractivity contribution in [2.75, 3.05) is 0 Å². The van der Waals surface area contributed by atoms with Gasteiger partial charge in [0.25, 0.3) is 5.91 Å². The Labute approximate surface area is 150 Å². The molecule has 0 fully saturated rings. The summed E-state index contributed by atoms with van der Waals surface area (Å²) in [7, 11) is 0. The normalized spacial score (nSPS) is 12.0. The van der Waals surface area contributed by atoms with Gasteiger partial charge in [-0.2, -0.15) is 0 Å². The average molecular weight is 367 g/mol. The van der Waals surface area contributed by atoms with Crippen LogP contribution in [-0.2, 0) is 9.53 Å². The van der Waals surface area contributed by atoms with Crippen molar-refractivity contribution in [3.63, 3.8) is 0 Å². The van der Waals surface area contributed by atoms with E-state index in [4.69, 9.17) is 16.3 Å². The fraction of sp³-hybridized carbons (Fsp3) is 0.353. The van der Waals surface area contributed by atoms with Gasteiger partial charge in [-0.3, -0.25) is 9.59 Å². The Morgan fingerprint density at radius 1 is 1.33 bits per heavy atom. The largest absolute Gasteiger partial charge is 0.463 e. The van der Waals surface area contributed by atoms with Crippen LogP contribution in [0.15, 0.2) is 29.8 Å². The number of nitrogens with one attached hydrogen (secondary N) is 1. The van der Waals surface area contributed by atoms with Gasteiger partial charge in [0.1, 0.15) is 4.88 Å². The molecule has 0 radical (unpaired) electrons. The molecule has 1 atom stereocenters. The third kappa shape index (κ3) is 4.79. The molecule has 7 heteroatoms. The number of ether oxygens (including phenoxy) is 1. The Balaban J connectivity index is 2.23. The number of aromatic nitrogens is 1. The molecule has 1 aromatic heterocycles. The Hall–Kier alpha value is -1.92. The third-order valence-corrected chi connectivity index (χ3v) is 4.55. The standard InChI is InChI=1S/C17H19ClN2O3S/c1-10(2)23-15(21)8-14(12-6-4-5-7-13(12)18)20-17(22)16-11(3)19-9-24-16/h4-7,9-10,14H,8H2,1-3H3,(H,20,22). The van der Waals surface area contributed by atoms with Crippen LogP contribution in [0.5, 0.6) is 0 Å². The highest BCUT2D eigenvalue weighted by Crippen LogP contribution is 2.26. The van der Waals surface area contributed by atoms with Crippen molar-refractivity contribution in [1.29, 1.82) is 0 Å². The summed E-state index contributed by atoms with van der Waals surface area (Å²) < 4.78 is 5.20. The molecular formula is C17H19ClN2O3S. The van der Waals surface area contributed by atoms with Gasteiger partial charge in [0.15, 0.2) is 0 Å². The van der Waals surface area contributed by atoms with E-state index in [-0.39, 0.29) is 18.4 Å². The summed E-state index contributed by atoms with van der Waals surface area (Å²) in [6.45, 7) is 5.33. The number of hydrogen-bond donors (Lipinski definition) is 1. The highest BCUT2D eigenvalue weighted by atomic mass is 35.5. The number of hydrogen-bond acceptors (Lipinski definition) is 5. The van der Waals surface area contributed by atoms with Gasteiger partial charge >= 0.3 is 5.97 Å². The molecule has 0 spiro atoms. The van der Waals surface area contributed by atoms with E-state index in [1.165, 1.54) is 11.3 Å². The number of aryl methyl sites for hydroxylation is 1. The lowest BCUT2D eigenvalue weighted by atomic mass is 10.0. The van der Waals surface area contributed by atoms with E-state index in [1.807, 2.05) is 6.07 Å². The molecule has 0 bridgehead atoms. The zero-order chi connectivity index (χ0) is 17.7. The molecule has 0 saturated heterocycles. The molecular weight excluding hydrogens is 348 g/mol. The number of halogens is 1. The van der Waals surface area contributed by atoms with Crippen molar-refractivity contribution >= 4 is 34.8 Å². The van der Waals surface area contributed by atoms with Crippen LogP contribution in [0.25, 0.3) is 0 Å². The van der Waals surface area contributed by atoms with Crippen LogP contribution in [-0.4, -0.2) is 23.0 Å². The number of nitrogens with zero attached hydrogens (tertiary/aromatic N) is 1. The maximum Gasteiger partial charge on any atom is 0.308 e. The molecule has 128 valence electrons. The molecule has 2 aromatic rings. The second-order valence-corrected chi connectivity index (χ2v) is 6.82. The number of carbonyl (C=O) groups is 2. The fourth-order valence-electron chi connectivity index (χ4n) is 2.22. The lowest BCUT2D eigenvalue weighted by Gasteiger charge is -2.20. The monoisotopic (exact) mass is 366 g/mol. The van der Waals surface area contributed by atoms with Crippen LogP contribution in [0.2, 0.25) is 5.02 Å². The smallest absolute Gasteiger partial charge is 0.308 e. The molecule has 2 rings (SSSR count). The summed E-state index contributed by atoms with van der Waals surface area (Å²) >= 11 is 7.49. The minimum atomic E-state index is -0.570. The van der Waals surface area contributed by atoms with Crippen LogP contribution in [0.4, 0.5) is 0 Å². The minimum Gasteiger partial charge on any atom is -0.463 e. The van der Waals surface area contributed by atoms with E-state index >= 15 is 0 Å². The zero-order valence-electron chi connectivity index (χ0n) is 13.7. The van der Waals surface area contributed by atoms with Gasteiger partial charge in [0.2, 0.25) is 0 Å². The van der Waals surface area contributed by atoms with E-state index in [2.05, 4.69) is 10.3 Å². The van der Waals surface area contributed by atoms with Gasteiger partial charge in [0, 0.05) is 5.02 Å². The first-order chi connectivity index (χ1) is 11.4. The number of esters is 1. The molecule has 0 saturated carbocycles.